The summed E-state index contributed by atoms with van der Waals surface area (Å²) in [7, 11) is 3.96. The fourth-order valence-corrected chi connectivity index (χ4v) is 2.84. The fourth-order valence-electron chi connectivity index (χ4n) is 2.84. The van der Waals surface area contributed by atoms with E-state index in [-0.39, 0.29) is 24.0 Å². The normalized spacial score (nSPS) is 12.2. The van der Waals surface area contributed by atoms with Crippen molar-refractivity contribution in [3.63, 3.8) is 0 Å². The molecular weight excluding hydrogens is 477 g/mol. The molecule has 0 radical (unpaired) electrons. The van der Waals surface area contributed by atoms with Gasteiger partial charge in [-0.2, -0.15) is 0 Å². The van der Waals surface area contributed by atoms with Crippen LogP contribution >= 0.6 is 24.0 Å². The number of nitrogens with one attached hydrogen (secondary N) is 2. The van der Waals surface area contributed by atoms with Crippen molar-refractivity contribution < 1.29 is 4.74 Å². The molecule has 0 bridgehead atoms. The molecule has 2 aromatic rings. The number of halogens is 1. The number of aromatic nitrogens is 1. The van der Waals surface area contributed by atoms with Gasteiger partial charge in [-0.05, 0) is 44.5 Å². The van der Waals surface area contributed by atoms with E-state index in [1.807, 2.05) is 19.1 Å². The highest BCUT2D eigenvalue weighted by Crippen LogP contribution is 2.09. The van der Waals surface area contributed by atoms with Gasteiger partial charge in [0.25, 0.3) is 0 Å². The first-order chi connectivity index (χ1) is 13.6. The van der Waals surface area contributed by atoms with Crippen molar-refractivity contribution >= 4 is 29.9 Å². The van der Waals surface area contributed by atoms with Gasteiger partial charge in [-0.1, -0.05) is 30.3 Å². The molecule has 0 fully saturated rings. The highest BCUT2D eigenvalue weighted by Gasteiger charge is 2.10. The van der Waals surface area contributed by atoms with Crippen molar-refractivity contribution in [1.29, 1.82) is 0 Å². The predicted molar refractivity (Wildman–Crippen MR) is 131 cm³/mol. The molecule has 0 aliphatic heterocycles. The minimum Gasteiger partial charge on any atom is -0.478 e. The Bertz CT molecular complexity index is 726. The monoisotopic (exact) mass is 511 g/mol. The summed E-state index contributed by atoms with van der Waals surface area (Å²) in [5, 5.41) is 6.73. The van der Waals surface area contributed by atoms with Crippen LogP contribution in [0.5, 0.6) is 5.88 Å². The van der Waals surface area contributed by atoms with E-state index in [1.54, 1.807) is 13.2 Å². The predicted octanol–water partition coefficient (Wildman–Crippen LogP) is 3.67. The van der Waals surface area contributed by atoms with Crippen molar-refractivity contribution in [2.75, 3.05) is 27.2 Å². The molecule has 0 saturated carbocycles. The zero-order valence-corrected chi connectivity index (χ0v) is 20.2. The smallest absolute Gasteiger partial charge is 0.213 e. The van der Waals surface area contributed by atoms with Crippen LogP contribution in [0.1, 0.15) is 31.4 Å². The Hall–Kier alpha value is -1.87. The molecule has 0 spiro atoms. The maximum Gasteiger partial charge on any atom is 0.213 e. The molecular formula is C22H34IN5O. The molecule has 1 atom stereocenters. The first-order valence-corrected chi connectivity index (χ1v) is 9.88. The van der Waals surface area contributed by atoms with E-state index in [0.717, 1.165) is 31.0 Å². The Kier molecular flexibility index (Phi) is 12.3. The molecule has 7 heteroatoms. The summed E-state index contributed by atoms with van der Waals surface area (Å²) in [6.45, 7) is 7.32. The second-order valence-electron chi connectivity index (χ2n) is 6.83. The molecule has 1 heterocycles. The standard InChI is InChI=1S/C22H33N5O.HI/c1-5-28-21-15-20(12-14-24-21)16-26-22(23-3)25-13-11-18(2)27(4)17-19-9-7-6-8-10-19;/h6-10,12,14-15,18H,5,11,13,16-17H2,1-4H3,(H2,23,25,26);1H. The number of ether oxygens (including phenoxy) is 1. The zero-order chi connectivity index (χ0) is 20.2. The van der Waals surface area contributed by atoms with Crippen LogP contribution in [0.15, 0.2) is 53.7 Å². The van der Waals surface area contributed by atoms with Gasteiger partial charge in [0.05, 0.1) is 6.61 Å². The summed E-state index contributed by atoms with van der Waals surface area (Å²) in [6.07, 6.45) is 2.80. The van der Waals surface area contributed by atoms with Crippen LogP contribution in [-0.4, -0.2) is 49.1 Å². The van der Waals surface area contributed by atoms with E-state index in [4.69, 9.17) is 4.74 Å². The van der Waals surface area contributed by atoms with Gasteiger partial charge in [-0.3, -0.25) is 9.89 Å². The first kappa shape index (κ1) is 25.2. The molecule has 1 aromatic heterocycles. The lowest BCUT2D eigenvalue weighted by Crippen LogP contribution is -2.39. The van der Waals surface area contributed by atoms with Gasteiger partial charge in [0.15, 0.2) is 5.96 Å². The number of aliphatic imine (C=N–C) groups is 1. The third-order valence-corrected chi connectivity index (χ3v) is 4.66. The van der Waals surface area contributed by atoms with E-state index in [0.29, 0.717) is 25.1 Å². The maximum absolute atomic E-state index is 5.45. The molecule has 2 rings (SSSR count). The average Bonchev–Trinajstić information content (AvgIpc) is 2.71. The number of hydrogen-bond acceptors (Lipinski definition) is 4. The van der Waals surface area contributed by atoms with Crippen LogP contribution in [0.3, 0.4) is 0 Å². The first-order valence-electron chi connectivity index (χ1n) is 9.88. The Labute approximate surface area is 192 Å². The topological polar surface area (TPSA) is 61.8 Å². The number of benzene rings is 1. The summed E-state index contributed by atoms with van der Waals surface area (Å²) < 4.78 is 5.45. The summed E-state index contributed by atoms with van der Waals surface area (Å²) in [5.41, 5.74) is 2.45. The Morgan fingerprint density at radius 1 is 1.17 bits per heavy atom. The van der Waals surface area contributed by atoms with Crippen LogP contribution in [-0.2, 0) is 13.1 Å². The third-order valence-electron chi connectivity index (χ3n) is 4.66. The molecule has 1 unspecified atom stereocenters. The largest absolute Gasteiger partial charge is 0.478 e. The van der Waals surface area contributed by atoms with Crippen molar-refractivity contribution in [2.24, 2.45) is 4.99 Å². The number of hydrogen-bond donors (Lipinski definition) is 2. The van der Waals surface area contributed by atoms with Gasteiger partial charge in [-0.15, -0.1) is 24.0 Å². The van der Waals surface area contributed by atoms with E-state index in [9.17, 15) is 0 Å². The highest BCUT2D eigenvalue weighted by molar-refractivity contribution is 14.0. The average molecular weight is 511 g/mol. The van der Waals surface area contributed by atoms with Gasteiger partial charge in [0, 0.05) is 45.0 Å². The third kappa shape index (κ3) is 9.45. The maximum atomic E-state index is 5.45. The minimum atomic E-state index is 0. The summed E-state index contributed by atoms with van der Waals surface area (Å²) in [4.78, 5) is 10.9. The zero-order valence-electron chi connectivity index (χ0n) is 17.9. The van der Waals surface area contributed by atoms with E-state index < -0.39 is 0 Å². The Balaban J connectivity index is 0.00000420. The van der Waals surface area contributed by atoms with Crippen molar-refractivity contribution in [3.8, 4) is 5.88 Å². The van der Waals surface area contributed by atoms with Crippen LogP contribution < -0.4 is 15.4 Å². The number of pyridine rings is 1. The SMILES string of the molecule is CCOc1cc(CNC(=NC)NCCC(C)N(C)Cc2ccccc2)ccn1.I. The van der Waals surface area contributed by atoms with Gasteiger partial charge in [0.1, 0.15) is 0 Å². The van der Waals surface area contributed by atoms with Crippen molar-refractivity contribution in [2.45, 2.75) is 39.4 Å². The quantitative estimate of drug-likeness (QED) is 0.290. The summed E-state index contributed by atoms with van der Waals surface area (Å²) >= 11 is 0. The Morgan fingerprint density at radius 3 is 2.62 bits per heavy atom. The molecule has 29 heavy (non-hydrogen) atoms. The van der Waals surface area contributed by atoms with Crippen molar-refractivity contribution in [3.05, 3.63) is 59.8 Å². The van der Waals surface area contributed by atoms with Gasteiger partial charge >= 0.3 is 0 Å². The summed E-state index contributed by atoms with van der Waals surface area (Å²) in [6, 6.07) is 15.0. The van der Waals surface area contributed by atoms with Gasteiger partial charge in [0.2, 0.25) is 5.88 Å². The molecule has 6 nitrogen and oxygen atoms in total. The molecule has 160 valence electrons. The van der Waals surface area contributed by atoms with E-state index in [1.165, 1.54) is 5.56 Å². The van der Waals surface area contributed by atoms with Gasteiger partial charge < -0.3 is 15.4 Å². The second kappa shape index (κ2) is 14.2. The highest BCUT2D eigenvalue weighted by atomic mass is 127. The van der Waals surface area contributed by atoms with Crippen LogP contribution in [0.25, 0.3) is 0 Å². The number of guanidine groups is 1. The van der Waals surface area contributed by atoms with E-state index in [2.05, 4.69) is 69.8 Å². The molecule has 0 aliphatic rings. The van der Waals surface area contributed by atoms with Gasteiger partial charge in [-0.25, -0.2) is 4.98 Å². The lowest BCUT2D eigenvalue weighted by Gasteiger charge is -2.25. The number of rotatable bonds is 10. The lowest BCUT2D eigenvalue weighted by atomic mass is 10.1. The van der Waals surface area contributed by atoms with Crippen molar-refractivity contribution in [1.82, 2.24) is 20.5 Å². The van der Waals surface area contributed by atoms with E-state index >= 15 is 0 Å². The molecule has 0 amide bonds. The lowest BCUT2D eigenvalue weighted by molar-refractivity contribution is 0.238. The van der Waals surface area contributed by atoms with Crippen LogP contribution in [0, 0.1) is 0 Å². The molecule has 2 N–H and O–H groups in total. The number of nitrogens with zero attached hydrogens (tertiary/aromatic N) is 3. The molecule has 0 aliphatic carbocycles. The Morgan fingerprint density at radius 2 is 1.93 bits per heavy atom. The molecule has 0 saturated heterocycles. The van der Waals surface area contributed by atoms with Crippen LogP contribution in [0.2, 0.25) is 0 Å². The van der Waals surface area contributed by atoms with Crippen LogP contribution in [0.4, 0.5) is 0 Å². The fraction of sp³-hybridized carbons (Fsp3) is 0.455. The minimum absolute atomic E-state index is 0. The second-order valence-corrected chi connectivity index (χ2v) is 6.83. The molecule has 1 aromatic carbocycles. The summed E-state index contributed by atoms with van der Waals surface area (Å²) in [5.74, 6) is 1.45.